The summed E-state index contributed by atoms with van der Waals surface area (Å²) in [5.41, 5.74) is 0.463. The number of hydrogen-bond acceptors (Lipinski definition) is 2. The van der Waals surface area contributed by atoms with Crippen molar-refractivity contribution in [1.29, 1.82) is 0 Å². The minimum Gasteiger partial charge on any atom is -0.377 e. The van der Waals surface area contributed by atoms with Gasteiger partial charge in [-0.25, -0.2) is 0 Å². The predicted octanol–water partition coefficient (Wildman–Crippen LogP) is 2.97. The quantitative estimate of drug-likeness (QED) is 0.673. The molecule has 1 heterocycles. The molecule has 0 aromatic carbocycles. The lowest BCUT2D eigenvalue weighted by Crippen LogP contribution is -2.42. The zero-order valence-corrected chi connectivity index (χ0v) is 10.9. The maximum Gasteiger partial charge on any atom is 0.0672 e. The molecular weight excluding hydrogens is 198 g/mol. The van der Waals surface area contributed by atoms with Gasteiger partial charge >= 0.3 is 0 Å². The van der Waals surface area contributed by atoms with Crippen molar-refractivity contribution in [2.45, 2.75) is 58.5 Å². The molecule has 2 unspecified atom stereocenters. The van der Waals surface area contributed by atoms with E-state index in [0.29, 0.717) is 11.5 Å². The minimum absolute atomic E-state index is 0.463. The monoisotopic (exact) mass is 225 g/mol. The SMILES string of the molecule is CCCNCC1(CCC)CCOC1C1CC1. The predicted molar refractivity (Wildman–Crippen MR) is 67.6 cm³/mol. The van der Waals surface area contributed by atoms with Crippen LogP contribution in [0.2, 0.25) is 0 Å². The molecule has 0 aromatic heterocycles. The first kappa shape index (κ1) is 12.4. The summed E-state index contributed by atoms with van der Waals surface area (Å²) in [5, 5.41) is 3.64. The maximum atomic E-state index is 6.04. The van der Waals surface area contributed by atoms with Crippen LogP contribution in [0, 0.1) is 11.3 Å². The first-order valence-electron chi connectivity index (χ1n) is 7.14. The summed E-state index contributed by atoms with van der Waals surface area (Å²) in [6.45, 7) is 7.88. The van der Waals surface area contributed by atoms with Crippen LogP contribution < -0.4 is 5.32 Å². The molecule has 0 radical (unpaired) electrons. The lowest BCUT2D eigenvalue weighted by Gasteiger charge is -2.34. The molecule has 1 N–H and O–H groups in total. The molecule has 16 heavy (non-hydrogen) atoms. The highest BCUT2D eigenvalue weighted by atomic mass is 16.5. The molecule has 1 aliphatic heterocycles. The van der Waals surface area contributed by atoms with Crippen LogP contribution in [0.3, 0.4) is 0 Å². The van der Waals surface area contributed by atoms with Crippen LogP contribution in [0.4, 0.5) is 0 Å². The van der Waals surface area contributed by atoms with Crippen molar-refractivity contribution in [3.8, 4) is 0 Å². The summed E-state index contributed by atoms with van der Waals surface area (Å²) in [6, 6.07) is 0. The second-order valence-electron chi connectivity index (χ2n) is 5.67. The Balaban J connectivity index is 1.94. The topological polar surface area (TPSA) is 21.3 Å². The van der Waals surface area contributed by atoms with E-state index in [1.165, 1.54) is 45.1 Å². The highest BCUT2D eigenvalue weighted by Crippen LogP contribution is 2.49. The average Bonchev–Trinajstić information content (AvgIpc) is 3.03. The van der Waals surface area contributed by atoms with Gasteiger partial charge in [0.1, 0.15) is 0 Å². The fraction of sp³-hybridized carbons (Fsp3) is 1.00. The molecule has 0 aromatic rings. The van der Waals surface area contributed by atoms with E-state index < -0.39 is 0 Å². The van der Waals surface area contributed by atoms with Gasteiger partial charge in [0.2, 0.25) is 0 Å². The summed E-state index contributed by atoms with van der Waals surface area (Å²) in [7, 11) is 0. The maximum absolute atomic E-state index is 6.04. The van der Waals surface area contributed by atoms with E-state index in [9.17, 15) is 0 Å². The van der Waals surface area contributed by atoms with Gasteiger partial charge < -0.3 is 10.1 Å². The van der Waals surface area contributed by atoms with Crippen molar-refractivity contribution in [3.63, 3.8) is 0 Å². The van der Waals surface area contributed by atoms with Crippen LogP contribution in [0.25, 0.3) is 0 Å². The fourth-order valence-corrected chi connectivity index (χ4v) is 3.30. The Bertz CT molecular complexity index is 215. The number of ether oxygens (including phenoxy) is 1. The van der Waals surface area contributed by atoms with Crippen LogP contribution in [0.5, 0.6) is 0 Å². The number of hydrogen-bond donors (Lipinski definition) is 1. The van der Waals surface area contributed by atoms with Crippen molar-refractivity contribution >= 4 is 0 Å². The molecule has 94 valence electrons. The van der Waals surface area contributed by atoms with Gasteiger partial charge in [0.05, 0.1) is 6.10 Å². The number of nitrogens with one attached hydrogen (secondary N) is 1. The minimum atomic E-state index is 0.463. The normalized spacial score (nSPS) is 34.5. The third-order valence-corrected chi connectivity index (χ3v) is 4.20. The van der Waals surface area contributed by atoms with Gasteiger partial charge in [0.25, 0.3) is 0 Å². The van der Waals surface area contributed by atoms with E-state index in [1.807, 2.05) is 0 Å². The first-order chi connectivity index (χ1) is 7.82. The van der Waals surface area contributed by atoms with Gasteiger partial charge in [-0.15, -0.1) is 0 Å². The molecule has 1 saturated carbocycles. The molecule has 0 bridgehead atoms. The summed E-state index contributed by atoms with van der Waals surface area (Å²) < 4.78 is 6.04. The molecule has 2 atom stereocenters. The van der Waals surface area contributed by atoms with Gasteiger partial charge in [-0.1, -0.05) is 20.3 Å². The van der Waals surface area contributed by atoms with Crippen molar-refractivity contribution in [1.82, 2.24) is 5.32 Å². The van der Waals surface area contributed by atoms with E-state index in [0.717, 1.165) is 19.1 Å². The second-order valence-corrected chi connectivity index (χ2v) is 5.67. The van der Waals surface area contributed by atoms with Gasteiger partial charge in [-0.3, -0.25) is 0 Å². The summed E-state index contributed by atoms with van der Waals surface area (Å²) in [4.78, 5) is 0. The van der Waals surface area contributed by atoms with Crippen molar-refractivity contribution in [2.24, 2.45) is 11.3 Å². The summed E-state index contributed by atoms with van der Waals surface area (Å²) in [6.07, 6.45) is 8.52. The molecule has 1 aliphatic carbocycles. The fourth-order valence-electron chi connectivity index (χ4n) is 3.30. The molecule has 2 rings (SSSR count). The Kier molecular flexibility index (Phi) is 4.26. The van der Waals surface area contributed by atoms with Crippen LogP contribution in [-0.2, 0) is 4.74 Å². The molecule has 1 saturated heterocycles. The van der Waals surface area contributed by atoms with Crippen molar-refractivity contribution in [3.05, 3.63) is 0 Å². The van der Waals surface area contributed by atoms with Crippen molar-refractivity contribution in [2.75, 3.05) is 19.7 Å². The first-order valence-corrected chi connectivity index (χ1v) is 7.14. The van der Waals surface area contributed by atoms with E-state index in [1.54, 1.807) is 0 Å². The Hall–Kier alpha value is -0.0800. The van der Waals surface area contributed by atoms with E-state index in [-0.39, 0.29) is 0 Å². The molecule has 2 fully saturated rings. The molecule has 2 nitrogen and oxygen atoms in total. The largest absolute Gasteiger partial charge is 0.377 e. The van der Waals surface area contributed by atoms with Gasteiger partial charge in [0, 0.05) is 18.6 Å². The third-order valence-electron chi connectivity index (χ3n) is 4.20. The summed E-state index contributed by atoms with van der Waals surface area (Å²) in [5.74, 6) is 0.887. The highest BCUT2D eigenvalue weighted by molar-refractivity contribution is 5.00. The highest BCUT2D eigenvalue weighted by Gasteiger charge is 2.49. The molecular formula is C14H27NO. The lowest BCUT2D eigenvalue weighted by molar-refractivity contribution is 0.0262. The van der Waals surface area contributed by atoms with E-state index in [4.69, 9.17) is 4.74 Å². The molecule has 2 heteroatoms. The van der Waals surface area contributed by atoms with E-state index in [2.05, 4.69) is 19.2 Å². The van der Waals surface area contributed by atoms with Crippen molar-refractivity contribution < 1.29 is 4.74 Å². The smallest absolute Gasteiger partial charge is 0.0672 e. The van der Waals surface area contributed by atoms with Crippen LogP contribution in [-0.4, -0.2) is 25.8 Å². The van der Waals surface area contributed by atoms with Crippen LogP contribution in [0.1, 0.15) is 52.4 Å². The van der Waals surface area contributed by atoms with Crippen LogP contribution >= 0.6 is 0 Å². The average molecular weight is 225 g/mol. The van der Waals surface area contributed by atoms with E-state index >= 15 is 0 Å². The zero-order chi connectivity index (χ0) is 11.4. The molecule has 0 amide bonds. The Morgan fingerprint density at radius 2 is 2.06 bits per heavy atom. The lowest BCUT2D eigenvalue weighted by atomic mass is 9.75. The Morgan fingerprint density at radius 1 is 1.25 bits per heavy atom. The molecule has 2 aliphatic rings. The van der Waals surface area contributed by atoms with Gasteiger partial charge in [0.15, 0.2) is 0 Å². The summed E-state index contributed by atoms with van der Waals surface area (Å²) >= 11 is 0. The van der Waals surface area contributed by atoms with Crippen LogP contribution in [0.15, 0.2) is 0 Å². The standard InChI is InChI=1S/C14H27NO/c1-3-7-14(11-15-9-4-2)8-10-16-13(14)12-5-6-12/h12-13,15H,3-11H2,1-2H3. The Labute approximate surface area is 100 Å². The third kappa shape index (κ3) is 2.60. The van der Waals surface area contributed by atoms with Gasteiger partial charge in [-0.2, -0.15) is 0 Å². The zero-order valence-electron chi connectivity index (χ0n) is 10.9. The van der Waals surface area contributed by atoms with Gasteiger partial charge in [-0.05, 0) is 44.6 Å². The Morgan fingerprint density at radius 3 is 2.69 bits per heavy atom. The second kappa shape index (κ2) is 5.50. The molecule has 0 spiro atoms. The number of rotatable bonds is 7.